The van der Waals surface area contributed by atoms with Crippen LogP contribution in [0.4, 0.5) is 0 Å². The summed E-state index contributed by atoms with van der Waals surface area (Å²) in [6, 6.07) is 18.3. The van der Waals surface area contributed by atoms with E-state index in [0.29, 0.717) is 6.54 Å². The summed E-state index contributed by atoms with van der Waals surface area (Å²) in [4.78, 5) is 15.6. The second-order valence-electron chi connectivity index (χ2n) is 6.48. The van der Waals surface area contributed by atoms with Crippen molar-refractivity contribution in [3.8, 4) is 5.75 Å². The van der Waals surface area contributed by atoms with E-state index in [1.54, 1.807) is 14.1 Å². The van der Waals surface area contributed by atoms with Crippen LogP contribution in [-0.2, 0) is 17.8 Å². The van der Waals surface area contributed by atoms with Crippen molar-refractivity contribution in [3.05, 3.63) is 65.7 Å². The highest BCUT2D eigenvalue weighted by molar-refractivity contribution is 5.85. The van der Waals surface area contributed by atoms with Gasteiger partial charge in [-0.05, 0) is 18.1 Å². The Balaban J connectivity index is 0.00000364. The van der Waals surface area contributed by atoms with Crippen LogP contribution in [0.5, 0.6) is 5.75 Å². The zero-order valence-electron chi connectivity index (χ0n) is 16.1. The summed E-state index contributed by atoms with van der Waals surface area (Å²) < 4.78 is 5.75. The van der Waals surface area contributed by atoms with Gasteiger partial charge >= 0.3 is 0 Å². The van der Waals surface area contributed by atoms with E-state index in [1.165, 1.54) is 10.5 Å². The normalized spacial score (nSPS) is 10.4. The van der Waals surface area contributed by atoms with Crippen molar-refractivity contribution in [1.29, 1.82) is 0 Å². The zero-order valence-corrected chi connectivity index (χ0v) is 17.0. The molecule has 0 aliphatic heterocycles. The van der Waals surface area contributed by atoms with E-state index in [4.69, 9.17) is 10.5 Å². The predicted octanol–water partition coefficient (Wildman–Crippen LogP) is 2.58. The molecule has 0 heterocycles. The van der Waals surface area contributed by atoms with Crippen LogP contribution in [0.2, 0.25) is 0 Å². The third-order valence-corrected chi connectivity index (χ3v) is 4.22. The molecule has 0 bridgehead atoms. The lowest BCUT2D eigenvalue weighted by molar-refractivity contribution is -0.130. The lowest BCUT2D eigenvalue weighted by Gasteiger charge is -2.23. The number of carbonyl (C=O) groups is 1. The van der Waals surface area contributed by atoms with E-state index in [1.807, 2.05) is 30.3 Å². The molecule has 0 fully saturated rings. The molecular formula is C21H30ClN3O2. The van der Waals surface area contributed by atoms with Gasteiger partial charge in [0.1, 0.15) is 5.75 Å². The van der Waals surface area contributed by atoms with E-state index in [9.17, 15) is 4.79 Å². The molecule has 0 aliphatic carbocycles. The molecule has 6 heteroatoms. The Morgan fingerprint density at radius 2 is 1.67 bits per heavy atom. The van der Waals surface area contributed by atoms with Crippen LogP contribution >= 0.6 is 12.4 Å². The summed E-state index contributed by atoms with van der Waals surface area (Å²) in [7, 11) is 3.45. The number of hydrogen-bond donors (Lipinski definition) is 1. The van der Waals surface area contributed by atoms with Crippen LogP contribution in [0.1, 0.15) is 11.1 Å². The summed E-state index contributed by atoms with van der Waals surface area (Å²) in [5, 5.41) is 0. The molecule has 1 amide bonds. The number of likely N-dealkylation sites (N-methyl/N-ethyl adjacent to an activating group) is 1. The minimum absolute atomic E-state index is 0. The van der Waals surface area contributed by atoms with Crippen LogP contribution in [0.25, 0.3) is 0 Å². The predicted molar refractivity (Wildman–Crippen MR) is 112 cm³/mol. The number of halogens is 1. The number of amides is 1. The van der Waals surface area contributed by atoms with E-state index >= 15 is 0 Å². The Bertz CT molecular complexity index is 680. The van der Waals surface area contributed by atoms with Crippen LogP contribution in [0.15, 0.2) is 54.6 Å². The van der Waals surface area contributed by atoms with Gasteiger partial charge in [-0.25, -0.2) is 0 Å². The molecule has 2 N–H and O–H groups in total. The molecule has 0 saturated carbocycles. The number of nitrogens with two attached hydrogens (primary N) is 1. The molecule has 5 nitrogen and oxygen atoms in total. The third kappa shape index (κ3) is 7.99. The maximum absolute atomic E-state index is 11.8. The average molecular weight is 392 g/mol. The van der Waals surface area contributed by atoms with Crippen molar-refractivity contribution in [1.82, 2.24) is 9.80 Å². The first kappa shape index (κ1) is 23.0. The van der Waals surface area contributed by atoms with Crippen molar-refractivity contribution in [3.63, 3.8) is 0 Å². The minimum Gasteiger partial charge on any atom is -0.483 e. The highest BCUT2D eigenvalue weighted by atomic mass is 35.5. The van der Waals surface area contributed by atoms with Gasteiger partial charge in [0.05, 0.1) is 0 Å². The van der Waals surface area contributed by atoms with Gasteiger partial charge < -0.3 is 15.4 Å². The zero-order chi connectivity index (χ0) is 18.8. The van der Waals surface area contributed by atoms with Gasteiger partial charge in [-0.1, -0.05) is 48.5 Å². The Morgan fingerprint density at radius 3 is 2.33 bits per heavy atom. The van der Waals surface area contributed by atoms with Crippen LogP contribution in [0.3, 0.4) is 0 Å². The molecule has 0 radical (unpaired) electrons. The Morgan fingerprint density at radius 1 is 1.00 bits per heavy atom. The first-order valence-electron chi connectivity index (χ1n) is 8.97. The quantitative estimate of drug-likeness (QED) is 0.676. The summed E-state index contributed by atoms with van der Waals surface area (Å²) in [6.45, 7) is 3.14. The van der Waals surface area contributed by atoms with Gasteiger partial charge in [0.15, 0.2) is 6.61 Å². The molecule has 0 unspecified atom stereocenters. The van der Waals surface area contributed by atoms with Crippen molar-refractivity contribution in [2.75, 3.05) is 40.3 Å². The number of benzene rings is 2. The number of hydrogen-bond acceptors (Lipinski definition) is 4. The highest BCUT2D eigenvalue weighted by Gasteiger charge is 2.12. The van der Waals surface area contributed by atoms with Crippen molar-refractivity contribution < 1.29 is 9.53 Å². The van der Waals surface area contributed by atoms with Gasteiger partial charge in [0, 0.05) is 45.8 Å². The first-order valence-corrected chi connectivity index (χ1v) is 8.97. The van der Waals surface area contributed by atoms with Gasteiger partial charge in [0.25, 0.3) is 5.91 Å². The molecule has 2 aromatic rings. The number of carbonyl (C=O) groups excluding carboxylic acids is 1. The third-order valence-electron chi connectivity index (χ3n) is 4.22. The fourth-order valence-corrected chi connectivity index (χ4v) is 2.67. The van der Waals surface area contributed by atoms with Crippen molar-refractivity contribution in [2.45, 2.75) is 13.0 Å². The SMILES string of the molecule is CN(C)C(=O)COc1ccccc1CN(CCN)CCc1ccccc1.Cl. The summed E-state index contributed by atoms with van der Waals surface area (Å²) >= 11 is 0. The smallest absolute Gasteiger partial charge is 0.259 e. The molecule has 148 valence electrons. The van der Waals surface area contributed by atoms with Gasteiger partial charge in [0.2, 0.25) is 0 Å². The number of rotatable bonds is 10. The molecule has 0 atom stereocenters. The molecule has 0 aromatic heterocycles. The largest absolute Gasteiger partial charge is 0.483 e. The monoisotopic (exact) mass is 391 g/mol. The van der Waals surface area contributed by atoms with E-state index in [0.717, 1.165) is 37.4 Å². The van der Waals surface area contributed by atoms with Gasteiger partial charge in [-0.2, -0.15) is 0 Å². The van der Waals surface area contributed by atoms with Crippen molar-refractivity contribution >= 4 is 18.3 Å². The molecule has 0 spiro atoms. The molecule has 2 rings (SSSR count). The Kier molecular flexibility index (Phi) is 10.5. The standard InChI is InChI=1S/C21H29N3O2.ClH/c1-23(2)21(25)17-26-20-11-7-6-10-19(20)16-24(15-13-22)14-12-18-8-4-3-5-9-18;/h3-11H,12-17,22H2,1-2H3;1H. The topological polar surface area (TPSA) is 58.8 Å². The second kappa shape index (κ2) is 12.3. The highest BCUT2D eigenvalue weighted by Crippen LogP contribution is 2.20. The lowest BCUT2D eigenvalue weighted by atomic mass is 10.1. The second-order valence-corrected chi connectivity index (χ2v) is 6.48. The summed E-state index contributed by atoms with van der Waals surface area (Å²) in [5.41, 5.74) is 8.18. The number of nitrogens with zero attached hydrogens (tertiary/aromatic N) is 2. The van der Waals surface area contributed by atoms with Crippen LogP contribution < -0.4 is 10.5 Å². The first-order chi connectivity index (χ1) is 12.6. The Hall–Kier alpha value is -2.08. The van der Waals surface area contributed by atoms with E-state index in [-0.39, 0.29) is 24.9 Å². The maximum atomic E-state index is 11.8. The Labute approximate surface area is 168 Å². The van der Waals surface area contributed by atoms with Gasteiger partial charge in [-0.15, -0.1) is 12.4 Å². The number of ether oxygens (including phenoxy) is 1. The van der Waals surface area contributed by atoms with Gasteiger partial charge in [-0.3, -0.25) is 9.69 Å². The average Bonchev–Trinajstić information content (AvgIpc) is 2.66. The minimum atomic E-state index is -0.0531. The van der Waals surface area contributed by atoms with Crippen LogP contribution in [0, 0.1) is 0 Å². The fraction of sp³-hybridized carbons (Fsp3) is 0.381. The molecule has 27 heavy (non-hydrogen) atoms. The van der Waals surface area contributed by atoms with E-state index < -0.39 is 0 Å². The maximum Gasteiger partial charge on any atom is 0.259 e. The fourth-order valence-electron chi connectivity index (χ4n) is 2.67. The molecular weight excluding hydrogens is 362 g/mol. The summed E-state index contributed by atoms with van der Waals surface area (Å²) in [6.07, 6.45) is 0.975. The molecule has 0 aliphatic rings. The summed E-state index contributed by atoms with van der Waals surface area (Å²) in [5.74, 6) is 0.701. The lowest BCUT2D eigenvalue weighted by Crippen LogP contribution is -2.31. The van der Waals surface area contributed by atoms with Crippen molar-refractivity contribution in [2.24, 2.45) is 5.73 Å². The van der Waals surface area contributed by atoms with Crippen LogP contribution in [-0.4, -0.2) is 56.0 Å². The molecule has 2 aromatic carbocycles. The van der Waals surface area contributed by atoms with E-state index in [2.05, 4.69) is 29.2 Å². The molecule has 0 saturated heterocycles. The number of para-hydroxylation sites is 1.